The summed E-state index contributed by atoms with van der Waals surface area (Å²) in [7, 11) is -19.0. The zero-order valence-electron chi connectivity index (χ0n) is 54.5. The first-order chi connectivity index (χ1) is 41.0. The Labute approximate surface area is 424 Å². The fraction of sp³-hybridized carbons (Fsp3) is 0. The normalized spacial score (nSPS) is 19.0. The minimum Gasteiger partial charge on any atom is -0.402 e. The van der Waals surface area contributed by atoms with Crippen LogP contribution in [0.25, 0.3) is 11.1 Å². The van der Waals surface area contributed by atoms with Crippen molar-refractivity contribution in [1.82, 2.24) is 0 Å². The van der Waals surface area contributed by atoms with Crippen molar-refractivity contribution in [2.75, 3.05) is 0 Å². The van der Waals surface area contributed by atoms with E-state index in [9.17, 15) is 13.7 Å². The predicted octanol–water partition coefficient (Wildman–Crippen LogP) is 6.86. The molecule has 1 saturated heterocycles. The molecule has 0 spiro atoms. The molecule has 3 nitrogen and oxygen atoms in total. The van der Waals surface area contributed by atoms with E-state index < -0.39 is 175 Å². The summed E-state index contributed by atoms with van der Waals surface area (Å²) in [5.41, 5.74) is -0.474. The van der Waals surface area contributed by atoms with Gasteiger partial charge in [-0.05, 0) is 63.0 Å². The second-order valence-electron chi connectivity index (χ2n) is 15.6. The Hall–Kier alpha value is -7.05. The van der Waals surface area contributed by atoms with Gasteiger partial charge in [-0.25, -0.2) is 0 Å². The van der Waals surface area contributed by atoms with Crippen LogP contribution in [0.3, 0.4) is 0 Å². The lowest BCUT2D eigenvalue weighted by Gasteiger charge is -2.53. The second-order valence-corrected chi connectivity index (χ2v) is 28.7. The maximum Gasteiger partial charge on any atom is 0.390 e. The van der Waals surface area contributed by atoms with E-state index in [4.69, 9.17) is 24.7 Å². The van der Waals surface area contributed by atoms with Crippen molar-refractivity contribution >= 4 is 85.6 Å². The Morgan fingerprint density at radius 1 is 0.284 bits per heavy atom. The van der Waals surface area contributed by atoms with Crippen LogP contribution in [0.2, 0.25) is 0 Å². The van der Waals surface area contributed by atoms with Gasteiger partial charge < -0.3 is 12.3 Å². The molecule has 0 N–H and O–H groups in total. The SMILES string of the molecule is [2H]c1c([2H])c([2H])c([Si](c2c([2H])c([2H])c([2H])c([2H])c2[2H])(c2c([2H])c([2H])c([2H])c([2H])c2[2H])c2c([2H])c([2H])c([2H])c(-c3cccc([Si]4(c5ccccc5)O[Si](c5ccccc5)(c5ccccc5)O[Si](c5ccccc5)(c5ccccc5)O4)c3)c2[2H])c([2H])c1[2H]. The van der Waals surface area contributed by atoms with E-state index in [2.05, 4.69) is 0 Å². The number of benzene rings is 10. The van der Waals surface area contributed by atoms with E-state index in [1.807, 2.05) is 152 Å². The highest BCUT2D eigenvalue weighted by molar-refractivity contribution is 7.20. The first-order valence-corrected chi connectivity index (χ1v) is 28.8. The van der Waals surface area contributed by atoms with Crippen LogP contribution in [0.5, 0.6) is 0 Å². The van der Waals surface area contributed by atoms with Gasteiger partial charge in [-0.15, -0.1) is 0 Å². The van der Waals surface area contributed by atoms with E-state index in [1.54, 1.807) is 18.2 Å². The van der Waals surface area contributed by atoms with Gasteiger partial charge in [-0.2, -0.15) is 0 Å². The van der Waals surface area contributed by atoms with Gasteiger partial charge in [-0.1, -0.05) is 291 Å². The monoisotopic (exact) mass is 947 g/mol. The van der Waals surface area contributed by atoms with Crippen molar-refractivity contribution in [3.63, 3.8) is 0 Å². The first kappa shape index (κ1) is 26.3. The molecular formula is C60H48O3Si4. The summed E-state index contributed by atoms with van der Waals surface area (Å²) in [5.74, 6) is 0. The molecule has 0 amide bonds. The summed E-state index contributed by atoms with van der Waals surface area (Å²) < 4.78 is 202. The Bertz CT molecular complexity index is 3920. The lowest BCUT2D eigenvalue weighted by Crippen LogP contribution is -2.88. The van der Waals surface area contributed by atoms with Crippen LogP contribution in [0.4, 0.5) is 0 Å². The zero-order valence-corrected chi connectivity index (χ0v) is 39.5. The number of rotatable bonds is 11. The smallest absolute Gasteiger partial charge is 0.390 e. The van der Waals surface area contributed by atoms with Gasteiger partial charge in [0.15, 0.2) is 8.07 Å². The summed E-state index contributed by atoms with van der Waals surface area (Å²) in [6.07, 6.45) is 0. The molecule has 7 heteroatoms. The van der Waals surface area contributed by atoms with Gasteiger partial charge in [0, 0.05) is 0 Å². The molecule has 1 aliphatic heterocycles. The third kappa shape index (κ3) is 7.57. The minimum absolute atomic E-state index is 0.0155. The molecule has 10 aromatic carbocycles. The van der Waals surface area contributed by atoms with Gasteiger partial charge in [-0.3, -0.25) is 0 Å². The van der Waals surface area contributed by atoms with E-state index in [0.29, 0.717) is 10.4 Å². The lowest BCUT2D eigenvalue weighted by atomic mass is 10.1. The minimum atomic E-state index is -6.15. The molecule has 0 radical (unpaired) electrons. The quantitative estimate of drug-likeness (QED) is 0.105. The zero-order chi connectivity index (χ0) is 61.5. The molecule has 11 rings (SSSR count). The second kappa shape index (κ2) is 18.3. The van der Waals surface area contributed by atoms with Crippen molar-refractivity contribution in [3.8, 4) is 11.1 Å². The standard InChI is InChI=1S/C60H48O3Si4/c1-9-29-51(30-10-1)64(52-31-11-2-12-32-52,53-33-13-3-14-34-53)59-45-25-27-49(47-59)50-28-26-46-60(48-50)67(58-43-23-8-24-44-58)62-65(54-35-15-4-16-36-54,55-37-17-5-18-38-55)61-66(63-67,56-39-19-6-20-40-56)57-41-21-7-22-42-57/h1-48H/i1D,2D,3D,9D,10D,11D,12D,13D,14D,25D,27D,29D,30D,31D,32D,33D,34D,45D,47D. The van der Waals surface area contributed by atoms with Crippen molar-refractivity contribution in [2.45, 2.75) is 0 Å². The Balaban J connectivity index is 1.33. The van der Waals surface area contributed by atoms with E-state index in [0.717, 1.165) is 20.7 Å². The maximum absolute atomic E-state index is 10.6. The molecule has 322 valence electrons. The first-order valence-electron chi connectivity index (χ1n) is 30.8. The average molecular weight is 949 g/mol. The van der Waals surface area contributed by atoms with Crippen LogP contribution in [0.1, 0.15) is 26.0 Å². The summed E-state index contributed by atoms with van der Waals surface area (Å²) in [5, 5.41) is 0.205. The van der Waals surface area contributed by atoms with Crippen molar-refractivity contribution in [3.05, 3.63) is 291 Å². The largest absolute Gasteiger partial charge is 0.402 e. The molecule has 1 aliphatic rings. The summed E-state index contributed by atoms with van der Waals surface area (Å²) in [6.45, 7) is 0. The highest BCUT2D eigenvalue weighted by Gasteiger charge is 2.67. The fourth-order valence-corrected chi connectivity index (χ4v) is 29.3. The molecule has 0 saturated carbocycles. The summed E-state index contributed by atoms with van der Waals surface area (Å²) in [6, 6.07) is 34.7. The van der Waals surface area contributed by atoms with Gasteiger partial charge >= 0.3 is 25.7 Å². The van der Waals surface area contributed by atoms with Crippen LogP contribution < -0.4 is 51.9 Å². The molecule has 0 aliphatic carbocycles. The molecule has 10 aromatic rings. The van der Waals surface area contributed by atoms with Gasteiger partial charge in [0.05, 0.1) is 26.0 Å². The predicted molar refractivity (Wildman–Crippen MR) is 286 cm³/mol. The Morgan fingerprint density at radius 2 is 0.597 bits per heavy atom. The summed E-state index contributed by atoms with van der Waals surface area (Å²) in [4.78, 5) is 0. The molecule has 1 fully saturated rings. The molecule has 0 aromatic heterocycles. The fourth-order valence-electron chi connectivity index (χ4n) is 8.78. The van der Waals surface area contributed by atoms with Crippen LogP contribution in [-0.4, -0.2) is 33.8 Å². The van der Waals surface area contributed by atoms with E-state index in [1.165, 1.54) is 6.07 Å². The third-order valence-corrected chi connectivity index (χ3v) is 29.2. The third-order valence-electron chi connectivity index (χ3n) is 11.8. The van der Waals surface area contributed by atoms with Gasteiger partial charge in [0.2, 0.25) is 0 Å². The number of hydrogen-bond acceptors (Lipinski definition) is 3. The van der Waals surface area contributed by atoms with Crippen LogP contribution in [-0.2, 0) is 12.3 Å². The molecule has 0 atom stereocenters. The van der Waals surface area contributed by atoms with Crippen molar-refractivity contribution < 1.29 is 38.4 Å². The van der Waals surface area contributed by atoms with Crippen molar-refractivity contribution in [2.24, 2.45) is 0 Å². The van der Waals surface area contributed by atoms with Gasteiger partial charge in [0.25, 0.3) is 0 Å². The van der Waals surface area contributed by atoms with Crippen LogP contribution in [0.15, 0.2) is 291 Å². The summed E-state index contributed by atoms with van der Waals surface area (Å²) >= 11 is 0. The maximum atomic E-state index is 10.6. The highest BCUT2D eigenvalue weighted by atomic mass is 28.5. The Morgan fingerprint density at radius 3 is 0.955 bits per heavy atom. The van der Waals surface area contributed by atoms with Crippen molar-refractivity contribution in [1.29, 1.82) is 0 Å². The number of hydrogen-bond donors (Lipinski definition) is 0. The molecule has 1 heterocycles. The molecular weight excluding hydrogens is 881 g/mol. The van der Waals surface area contributed by atoms with Gasteiger partial charge in [0.1, 0.15) is 0 Å². The van der Waals surface area contributed by atoms with Crippen LogP contribution >= 0.6 is 0 Å². The van der Waals surface area contributed by atoms with E-state index >= 15 is 0 Å². The highest BCUT2D eigenvalue weighted by Crippen LogP contribution is 2.33. The van der Waals surface area contributed by atoms with E-state index in [-0.39, 0.29) is 5.56 Å². The molecule has 67 heavy (non-hydrogen) atoms. The Kier molecular flexibility index (Phi) is 7.20. The lowest BCUT2D eigenvalue weighted by molar-refractivity contribution is 0.268. The van der Waals surface area contributed by atoms with Crippen LogP contribution in [0, 0.1) is 0 Å². The topological polar surface area (TPSA) is 27.7 Å². The molecule has 0 unspecified atom stereocenters. The average Bonchev–Trinajstić information content (AvgIpc) is 0.697. The molecule has 0 bridgehead atoms.